The maximum absolute atomic E-state index is 2.61. The first kappa shape index (κ1) is 11.3. The fourth-order valence-electron chi connectivity index (χ4n) is 3.00. The van der Waals surface area contributed by atoms with Crippen LogP contribution in [0.5, 0.6) is 0 Å². The first-order valence-electron chi connectivity index (χ1n) is 5.87. The van der Waals surface area contributed by atoms with E-state index in [9.17, 15) is 0 Å². The molecule has 0 nitrogen and oxygen atoms in total. The van der Waals surface area contributed by atoms with Gasteiger partial charge in [0.15, 0.2) is 0 Å². The summed E-state index contributed by atoms with van der Waals surface area (Å²) in [6.07, 6.45) is 5.96. The molecule has 0 radical (unpaired) electrons. The zero-order valence-electron chi connectivity index (χ0n) is 10.1. The van der Waals surface area contributed by atoms with Gasteiger partial charge in [-0.05, 0) is 17.4 Å². The average Bonchev–Trinajstić information content (AvgIpc) is 1.94. The maximum atomic E-state index is 2.61. The molecule has 0 aromatic rings. The molecular formula is C12H26Si. The van der Waals surface area contributed by atoms with Gasteiger partial charge in [-0.2, -0.15) is 0 Å². The third-order valence-corrected chi connectivity index (χ3v) is 9.60. The third kappa shape index (κ3) is 2.37. The molecule has 0 amide bonds. The van der Waals surface area contributed by atoms with Crippen molar-refractivity contribution in [3.63, 3.8) is 0 Å². The summed E-state index contributed by atoms with van der Waals surface area (Å²) in [7, 11) is -0.907. The van der Waals surface area contributed by atoms with Gasteiger partial charge in [-0.3, -0.25) is 0 Å². The second kappa shape index (κ2) is 3.76. The minimum atomic E-state index is -0.907. The normalized spacial score (nSPS) is 33.7. The lowest BCUT2D eigenvalue weighted by atomic mass is 9.92. The van der Waals surface area contributed by atoms with Crippen LogP contribution in [0.4, 0.5) is 0 Å². The lowest BCUT2D eigenvalue weighted by Gasteiger charge is -2.48. The first-order chi connectivity index (χ1) is 5.87. The van der Waals surface area contributed by atoms with Crippen LogP contribution in [-0.2, 0) is 0 Å². The van der Waals surface area contributed by atoms with Crippen LogP contribution < -0.4 is 0 Å². The minimum absolute atomic E-state index is 0.736. The van der Waals surface area contributed by atoms with Crippen LogP contribution in [0, 0.1) is 5.92 Å². The Morgan fingerprint density at radius 2 is 1.85 bits per heavy atom. The van der Waals surface area contributed by atoms with E-state index in [1.54, 1.807) is 6.04 Å². The van der Waals surface area contributed by atoms with Crippen molar-refractivity contribution in [1.29, 1.82) is 0 Å². The van der Waals surface area contributed by atoms with Crippen LogP contribution in [-0.4, -0.2) is 8.07 Å². The van der Waals surface area contributed by atoms with Crippen molar-refractivity contribution in [2.45, 2.75) is 70.6 Å². The number of hydrogen-bond donors (Lipinski definition) is 0. The fourth-order valence-corrected chi connectivity index (χ4v) is 6.55. The van der Waals surface area contributed by atoms with E-state index in [0.29, 0.717) is 0 Å². The van der Waals surface area contributed by atoms with Gasteiger partial charge in [0.2, 0.25) is 0 Å². The lowest BCUT2D eigenvalue weighted by Crippen LogP contribution is -2.43. The highest BCUT2D eigenvalue weighted by molar-refractivity contribution is 6.80. The molecule has 0 aromatic heterocycles. The summed E-state index contributed by atoms with van der Waals surface area (Å²) < 4.78 is 0. The van der Waals surface area contributed by atoms with Gasteiger partial charge in [0.1, 0.15) is 0 Å². The molecule has 1 atom stereocenters. The smallest absolute Gasteiger partial charge is 0.0533 e. The summed E-state index contributed by atoms with van der Waals surface area (Å²) in [4.78, 5) is 0. The summed E-state index contributed by atoms with van der Waals surface area (Å²) in [5, 5.41) is 0.736. The molecule has 0 bridgehead atoms. The molecular weight excluding hydrogens is 172 g/mol. The van der Waals surface area contributed by atoms with E-state index in [2.05, 4.69) is 33.9 Å². The van der Waals surface area contributed by atoms with Crippen molar-refractivity contribution >= 4 is 8.07 Å². The van der Waals surface area contributed by atoms with E-state index >= 15 is 0 Å². The van der Waals surface area contributed by atoms with Gasteiger partial charge >= 0.3 is 0 Å². The number of rotatable bonds is 2. The predicted molar refractivity (Wildman–Crippen MR) is 64.0 cm³/mol. The van der Waals surface area contributed by atoms with Gasteiger partial charge in [0.25, 0.3) is 0 Å². The Bertz CT molecular complexity index is 172. The Labute approximate surface area is 85.1 Å². The Kier molecular flexibility index (Phi) is 3.27. The minimum Gasteiger partial charge on any atom is -0.0690 e. The SMILES string of the molecule is CC(C)CC1(C)CCCC[Si]1(C)C. The standard InChI is InChI=1S/C12H26Si/c1-11(2)10-12(3)8-6-7-9-13(12,4)5/h11H,6-10H2,1-5H3. The van der Waals surface area contributed by atoms with Gasteiger partial charge in [0, 0.05) is 0 Å². The second-order valence-electron chi connectivity index (χ2n) is 6.25. The highest BCUT2D eigenvalue weighted by Crippen LogP contribution is 2.53. The van der Waals surface area contributed by atoms with Crippen LogP contribution in [0.15, 0.2) is 0 Å². The molecule has 1 rings (SSSR count). The highest BCUT2D eigenvalue weighted by Gasteiger charge is 2.44. The van der Waals surface area contributed by atoms with E-state index in [1.807, 2.05) is 0 Å². The van der Waals surface area contributed by atoms with Gasteiger partial charge in [-0.25, -0.2) is 0 Å². The van der Waals surface area contributed by atoms with Crippen molar-refractivity contribution in [2.75, 3.05) is 0 Å². The first-order valence-corrected chi connectivity index (χ1v) is 9.08. The van der Waals surface area contributed by atoms with Crippen LogP contribution in [0.25, 0.3) is 0 Å². The molecule has 13 heavy (non-hydrogen) atoms. The highest BCUT2D eigenvalue weighted by atomic mass is 28.3. The van der Waals surface area contributed by atoms with Gasteiger partial charge in [-0.1, -0.05) is 59.2 Å². The van der Waals surface area contributed by atoms with Crippen LogP contribution in [0.1, 0.15) is 46.5 Å². The molecule has 0 spiro atoms. The average molecular weight is 198 g/mol. The van der Waals surface area contributed by atoms with Gasteiger partial charge in [-0.15, -0.1) is 0 Å². The van der Waals surface area contributed by atoms with E-state index in [4.69, 9.17) is 0 Å². The molecule has 0 saturated carbocycles. The lowest BCUT2D eigenvalue weighted by molar-refractivity contribution is 0.388. The topological polar surface area (TPSA) is 0 Å². The zero-order valence-corrected chi connectivity index (χ0v) is 11.1. The fraction of sp³-hybridized carbons (Fsp3) is 1.00. The van der Waals surface area contributed by atoms with E-state index in [-0.39, 0.29) is 0 Å². The zero-order chi connectivity index (χ0) is 10.1. The van der Waals surface area contributed by atoms with E-state index in [1.165, 1.54) is 25.7 Å². The number of hydrogen-bond acceptors (Lipinski definition) is 0. The monoisotopic (exact) mass is 198 g/mol. The molecule has 0 N–H and O–H groups in total. The summed E-state index contributed by atoms with van der Waals surface area (Å²) in [5.41, 5.74) is 0. The van der Waals surface area contributed by atoms with Crippen molar-refractivity contribution < 1.29 is 0 Å². The van der Waals surface area contributed by atoms with Crippen molar-refractivity contribution in [3.8, 4) is 0 Å². The quantitative estimate of drug-likeness (QED) is 0.565. The molecule has 1 aliphatic rings. The van der Waals surface area contributed by atoms with E-state index in [0.717, 1.165) is 11.0 Å². The molecule has 0 aromatic carbocycles. The van der Waals surface area contributed by atoms with Crippen molar-refractivity contribution in [2.24, 2.45) is 5.92 Å². The van der Waals surface area contributed by atoms with Crippen molar-refractivity contribution in [3.05, 3.63) is 0 Å². The summed E-state index contributed by atoms with van der Waals surface area (Å²) >= 11 is 0. The summed E-state index contributed by atoms with van der Waals surface area (Å²) in [5.74, 6) is 0.884. The Morgan fingerprint density at radius 1 is 1.23 bits per heavy atom. The Hall–Kier alpha value is 0.217. The molecule has 1 heteroatoms. The van der Waals surface area contributed by atoms with Gasteiger partial charge in [0.05, 0.1) is 8.07 Å². The molecule has 1 fully saturated rings. The van der Waals surface area contributed by atoms with Crippen molar-refractivity contribution in [1.82, 2.24) is 0 Å². The maximum Gasteiger partial charge on any atom is 0.0533 e. The second-order valence-corrected chi connectivity index (χ2v) is 11.7. The summed E-state index contributed by atoms with van der Waals surface area (Å²) in [6, 6.07) is 1.57. The molecule has 0 aliphatic carbocycles. The predicted octanol–water partition coefficient (Wildman–Crippen LogP) is 4.69. The largest absolute Gasteiger partial charge is 0.0690 e. The van der Waals surface area contributed by atoms with Crippen LogP contribution in [0.2, 0.25) is 24.2 Å². The molecule has 1 unspecified atom stereocenters. The van der Waals surface area contributed by atoms with Crippen LogP contribution >= 0.6 is 0 Å². The third-order valence-electron chi connectivity index (χ3n) is 4.27. The molecule has 1 saturated heterocycles. The van der Waals surface area contributed by atoms with Crippen LogP contribution in [0.3, 0.4) is 0 Å². The summed E-state index contributed by atoms with van der Waals surface area (Å²) in [6.45, 7) is 12.5. The van der Waals surface area contributed by atoms with Gasteiger partial charge < -0.3 is 0 Å². The molecule has 1 aliphatic heterocycles. The Morgan fingerprint density at radius 3 is 2.31 bits per heavy atom. The molecule has 1 heterocycles. The van der Waals surface area contributed by atoms with E-state index < -0.39 is 8.07 Å². The Balaban J connectivity index is 2.72. The molecule has 78 valence electrons.